The molecule has 0 radical (unpaired) electrons. The number of aliphatic hydroxyl groups excluding tert-OH is 1. The number of carbonyl (C=O) groups is 1. The van der Waals surface area contributed by atoms with Crippen molar-refractivity contribution < 1.29 is 14.8 Å². The summed E-state index contributed by atoms with van der Waals surface area (Å²) in [5.74, 6) is 0.978. The molecule has 0 unspecified atom stereocenters. The van der Waals surface area contributed by atoms with Gasteiger partial charge in [-0.2, -0.15) is 11.8 Å². The first-order chi connectivity index (χ1) is 9.57. The highest BCUT2D eigenvalue weighted by Gasteiger charge is 2.23. The number of hydrogen-bond donors (Lipinski definition) is 2. The molecule has 0 aromatic heterocycles. The lowest BCUT2D eigenvalue weighted by molar-refractivity contribution is -0.385. The highest BCUT2D eigenvalue weighted by atomic mass is 35.5. The van der Waals surface area contributed by atoms with E-state index >= 15 is 0 Å². The average molecular weight is 319 g/mol. The molecule has 0 saturated heterocycles. The van der Waals surface area contributed by atoms with E-state index in [0.29, 0.717) is 18.7 Å². The maximum atomic E-state index is 11.9. The van der Waals surface area contributed by atoms with Gasteiger partial charge >= 0.3 is 5.69 Å². The minimum absolute atomic E-state index is 0.0390. The van der Waals surface area contributed by atoms with Crippen molar-refractivity contribution in [2.24, 2.45) is 0 Å². The van der Waals surface area contributed by atoms with Crippen LogP contribution in [-0.2, 0) is 0 Å². The first kappa shape index (κ1) is 16.7. The molecule has 0 aliphatic heterocycles. The molecule has 110 valence electrons. The Morgan fingerprint density at radius 1 is 1.45 bits per heavy atom. The van der Waals surface area contributed by atoms with Crippen LogP contribution in [0.25, 0.3) is 0 Å². The molecule has 1 rings (SSSR count). The highest BCUT2D eigenvalue weighted by Crippen LogP contribution is 2.27. The van der Waals surface area contributed by atoms with Gasteiger partial charge in [0.05, 0.1) is 4.92 Å². The van der Waals surface area contributed by atoms with Crippen LogP contribution in [0.2, 0.25) is 5.02 Å². The number of nitrogens with zero attached hydrogens (tertiary/aromatic N) is 1. The second-order valence-electron chi connectivity index (χ2n) is 3.84. The van der Waals surface area contributed by atoms with Crippen LogP contribution < -0.4 is 5.32 Å². The smallest absolute Gasteiger partial charge is 0.300 e. The summed E-state index contributed by atoms with van der Waals surface area (Å²) in [6.07, 6.45) is 0.707. The van der Waals surface area contributed by atoms with E-state index in [0.717, 1.165) is 5.75 Å². The van der Waals surface area contributed by atoms with Crippen LogP contribution >= 0.6 is 23.4 Å². The van der Waals surface area contributed by atoms with Crippen LogP contribution in [0.15, 0.2) is 18.2 Å². The van der Waals surface area contributed by atoms with E-state index in [4.69, 9.17) is 16.7 Å². The van der Waals surface area contributed by atoms with E-state index in [9.17, 15) is 14.9 Å². The molecular weight excluding hydrogens is 304 g/mol. The van der Waals surface area contributed by atoms with Crippen molar-refractivity contribution in [1.29, 1.82) is 0 Å². The monoisotopic (exact) mass is 318 g/mol. The summed E-state index contributed by atoms with van der Waals surface area (Å²) >= 11 is 7.33. The van der Waals surface area contributed by atoms with Crippen molar-refractivity contribution in [1.82, 2.24) is 5.32 Å². The van der Waals surface area contributed by atoms with Crippen LogP contribution in [-0.4, -0.2) is 40.6 Å². The Morgan fingerprint density at radius 3 is 2.85 bits per heavy atom. The van der Waals surface area contributed by atoms with Crippen LogP contribution in [0.3, 0.4) is 0 Å². The molecule has 0 saturated carbocycles. The summed E-state index contributed by atoms with van der Waals surface area (Å²) in [7, 11) is 0. The van der Waals surface area contributed by atoms with Crippen molar-refractivity contribution in [3.63, 3.8) is 0 Å². The Balaban J connectivity index is 2.56. The Bertz CT molecular complexity index is 485. The third kappa shape index (κ3) is 4.99. The number of amides is 1. The molecule has 1 aromatic carbocycles. The minimum atomic E-state index is -0.659. The summed E-state index contributed by atoms with van der Waals surface area (Å²) in [5, 5.41) is 22.1. The number of para-hydroxylation sites is 1. The molecular formula is C12H15ClN2O4S. The minimum Gasteiger partial charge on any atom is -0.396 e. The van der Waals surface area contributed by atoms with Crippen molar-refractivity contribution in [3.05, 3.63) is 38.9 Å². The molecule has 0 spiro atoms. The SMILES string of the molecule is O=C(NCCSCCCO)c1cccc(Cl)c1[N+](=O)[O-]. The second kappa shape index (κ2) is 8.78. The van der Waals surface area contributed by atoms with Crippen LogP contribution in [0.1, 0.15) is 16.8 Å². The highest BCUT2D eigenvalue weighted by molar-refractivity contribution is 7.99. The molecule has 0 bridgehead atoms. The zero-order valence-corrected chi connectivity index (χ0v) is 12.2. The van der Waals surface area contributed by atoms with Gasteiger partial charge in [-0.15, -0.1) is 0 Å². The summed E-state index contributed by atoms with van der Waals surface area (Å²) < 4.78 is 0. The molecule has 1 amide bonds. The number of thioether (sulfide) groups is 1. The molecule has 0 fully saturated rings. The van der Waals surface area contributed by atoms with Gasteiger partial charge in [0.1, 0.15) is 10.6 Å². The predicted molar refractivity (Wildman–Crippen MR) is 79.5 cm³/mol. The van der Waals surface area contributed by atoms with Gasteiger partial charge < -0.3 is 10.4 Å². The van der Waals surface area contributed by atoms with Gasteiger partial charge in [-0.1, -0.05) is 17.7 Å². The summed E-state index contributed by atoms with van der Waals surface area (Å²) in [6.45, 7) is 0.548. The Kier molecular flexibility index (Phi) is 7.35. The van der Waals surface area contributed by atoms with Crippen molar-refractivity contribution in [3.8, 4) is 0 Å². The summed E-state index contributed by atoms with van der Waals surface area (Å²) in [6, 6.07) is 4.25. The lowest BCUT2D eigenvalue weighted by Gasteiger charge is -2.06. The molecule has 0 aliphatic rings. The van der Waals surface area contributed by atoms with E-state index in [1.807, 2.05) is 0 Å². The topological polar surface area (TPSA) is 92.5 Å². The van der Waals surface area contributed by atoms with Crippen molar-refractivity contribution >= 4 is 35.0 Å². The number of nitro groups is 1. The van der Waals surface area contributed by atoms with Crippen LogP contribution in [0.5, 0.6) is 0 Å². The zero-order chi connectivity index (χ0) is 15.0. The quantitative estimate of drug-likeness (QED) is 0.435. The standard InChI is InChI=1S/C12H15ClN2O4S/c13-10-4-1-3-9(11(10)15(18)19)12(17)14-5-8-20-7-2-6-16/h1,3-4,16H,2,5-8H2,(H,14,17). The van der Waals surface area contributed by atoms with Gasteiger partial charge in [0, 0.05) is 18.9 Å². The fourth-order valence-corrected chi connectivity index (χ4v) is 2.51. The second-order valence-corrected chi connectivity index (χ2v) is 5.47. The first-order valence-corrected chi connectivity index (χ1v) is 7.51. The lowest BCUT2D eigenvalue weighted by Crippen LogP contribution is -2.26. The molecule has 1 aromatic rings. The number of nitro benzene ring substituents is 1. The number of nitrogens with one attached hydrogen (secondary N) is 1. The molecule has 8 heteroatoms. The fourth-order valence-electron chi connectivity index (χ4n) is 1.48. The van der Waals surface area contributed by atoms with Gasteiger partial charge in [0.2, 0.25) is 0 Å². The van der Waals surface area contributed by atoms with E-state index in [1.54, 1.807) is 11.8 Å². The molecule has 2 N–H and O–H groups in total. The van der Waals surface area contributed by atoms with E-state index < -0.39 is 10.8 Å². The number of rotatable bonds is 8. The van der Waals surface area contributed by atoms with Gasteiger partial charge in [0.15, 0.2) is 0 Å². The average Bonchev–Trinajstić information content (AvgIpc) is 2.41. The Labute approximate surface area is 125 Å². The maximum Gasteiger partial charge on any atom is 0.300 e. The number of hydrogen-bond acceptors (Lipinski definition) is 5. The van der Waals surface area contributed by atoms with E-state index in [1.165, 1.54) is 18.2 Å². The molecule has 20 heavy (non-hydrogen) atoms. The summed E-state index contributed by atoms with van der Waals surface area (Å²) in [5.41, 5.74) is -0.414. The molecule has 6 nitrogen and oxygen atoms in total. The van der Waals surface area contributed by atoms with Crippen LogP contribution in [0, 0.1) is 10.1 Å². The number of aliphatic hydroxyl groups is 1. The van der Waals surface area contributed by atoms with E-state index in [2.05, 4.69) is 5.32 Å². The Hall–Kier alpha value is -1.31. The van der Waals surface area contributed by atoms with E-state index in [-0.39, 0.29) is 22.9 Å². The number of carbonyl (C=O) groups excluding carboxylic acids is 1. The van der Waals surface area contributed by atoms with Gasteiger partial charge in [0.25, 0.3) is 5.91 Å². The zero-order valence-electron chi connectivity index (χ0n) is 10.7. The molecule has 0 atom stereocenters. The van der Waals surface area contributed by atoms with Crippen molar-refractivity contribution in [2.75, 3.05) is 24.7 Å². The third-order valence-electron chi connectivity index (χ3n) is 2.39. The first-order valence-electron chi connectivity index (χ1n) is 5.97. The Morgan fingerprint density at radius 2 is 2.20 bits per heavy atom. The van der Waals surface area contributed by atoms with Crippen LogP contribution in [0.4, 0.5) is 5.69 Å². The summed E-state index contributed by atoms with van der Waals surface area (Å²) in [4.78, 5) is 22.1. The van der Waals surface area contributed by atoms with Crippen molar-refractivity contribution in [2.45, 2.75) is 6.42 Å². The lowest BCUT2D eigenvalue weighted by atomic mass is 10.1. The number of halogens is 1. The normalized spacial score (nSPS) is 10.3. The van der Waals surface area contributed by atoms with Gasteiger partial charge in [-0.3, -0.25) is 14.9 Å². The fraction of sp³-hybridized carbons (Fsp3) is 0.417. The number of benzene rings is 1. The van der Waals surface area contributed by atoms with Gasteiger partial charge in [-0.05, 0) is 24.3 Å². The third-order valence-corrected chi connectivity index (χ3v) is 3.77. The maximum absolute atomic E-state index is 11.9. The molecule has 0 heterocycles. The largest absolute Gasteiger partial charge is 0.396 e. The predicted octanol–water partition coefficient (Wildman–Crippen LogP) is 2.09. The van der Waals surface area contributed by atoms with Gasteiger partial charge in [-0.25, -0.2) is 0 Å². The molecule has 0 aliphatic carbocycles.